The summed E-state index contributed by atoms with van der Waals surface area (Å²) < 4.78 is 5.22. The van der Waals surface area contributed by atoms with Crippen LogP contribution in [0.4, 0.5) is 0 Å². The average Bonchev–Trinajstić information content (AvgIpc) is 2.47. The van der Waals surface area contributed by atoms with E-state index in [2.05, 4.69) is 42.6 Å². The molecule has 0 aliphatic carbocycles. The van der Waals surface area contributed by atoms with Gasteiger partial charge in [0, 0.05) is 12.6 Å². The largest absolute Gasteiger partial charge is 0.497 e. The smallest absolute Gasteiger partial charge is 0.118 e. The zero-order valence-electron chi connectivity index (χ0n) is 11.4. The molecule has 98 valence electrons. The minimum atomic E-state index is 0.548. The van der Waals surface area contributed by atoms with Gasteiger partial charge in [0.2, 0.25) is 0 Å². The fraction of sp³-hybridized carbons (Fsp3) is 0.294. The molecule has 0 fully saturated rings. The van der Waals surface area contributed by atoms with Gasteiger partial charge in [-0.3, -0.25) is 0 Å². The van der Waals surface area contributed by atoms with Gasteiger partial charge in [-0.15, -0.1) is 0 Å². The number of ether oxygens (including phenoxy) is 1. The Bertz CT molecular complexity index is 574. The molecule has 1 unspecified atom stereocenters. The first-order chi connectivity index (χ1) is 9.28. The van der Waals surface area contributed by atoms with Crippen molar-refractivity contribution < 1.29 is 4.74 Å². The minimum absolute atomic E-state index is 0.548. The van der Waals surface area contributed by atoms with Gasteiger partial charge >= 0.3 is 0 Å². The van der Waals surface area contributed by atoms with E-state index in [0.29, 0.717) is 6.04 Å². The van der Waals surface area contributed by atoms with Crippen molar-refractivity contribution >= 4 is 0 Å². The third-order valence-corrected chi connectivity index (χ3v) is 3.83. The summed E-state index contributed by atoms with van der Waals surface area (Å²) in [6.45, 7) is 3.22. The van der Waals surface area contributed by atoms with Crippen molar-refractivity contribution in [2.45, 2.75) is 25.9 Å². The number of hydrogen-bond donors (Lipinski definition) is 1. The number of methoxy groups -OCH3 is 1. The van der Waals surface area contributed by atoms with E-state index in [1.807, 2.05) is 12.1 Å². The predicted molar refractivity (Wildman–Crippen MR) is 78.4 cm³/mol. The van der Waals surface area contributed by atoms with Crippen LogP contribution in [0.2, 0.25) is 0 Å². The summed E-state index contributed by atoms with van der Waals surface area (Å²) in [5.74, 6) is 0.906. The highest BCUT2D eigenvalue weighted by atomic mass is 16.5. The van der Waals surface area contributed by atoms with E-state index in [0.717, 1.165) is 18.7 Å². The van der Waals surface area contributed by atoms with Crippen LogP contribution in [0, 0.1) is 0 Å². The van der Waals surface area contributed by atoms with E-state index in [9.17, 15) is 0 Å². The van der Waals surface area contributed by atoms with Crippen LogP contribution in [0.1, 0.15) is 18.1 Å². The van der Waals surface area contributed by atoms with E-state index in [1.54, 1.807) is 7.11 Å². The molecule has 0 amide bonds. The Morgan fingerprint density at radius 2 is 1.89 bits per heavy atom. The summed E-state index contributed by atoms with van der Waals surface area (Å²) >= 11 is 0. The van der Waals surface area contributed by atoms with Gasteiger partial charge in [0.1, 0.15) is 5.75 Å². The standard InChI is InChI=1S/C17H19NO/c1-12-10-17-14(11-18-12)4-3-5-16(17)13-6-8-15(19-2)9-7-13/h3-9,12,18H,10-11H2,1-2H3. The molecule has 0 bridgehead atoms. The molecule has 1 aliphatic rings. The SMILES string of the molecule is COc1ccc(-c2cccc3c2CC(C)NC3)cc1. The van der Waals surface area contributed by atoms with Gasteiger partial charge in [-0.1, -0.05) is 30.3 Å². The van der Waals surface area contributed by atoms with Crippen molar-refractivity contribution in [2.24, 2.45) is 0 Å². The van der Waals surface area contributed by atoms with Gasteiger partial charge in [-0.05, 0) is 47.7 Å². The summed E-state index contributed by atoms with van der Waals surface area (Å²) in [5.41, 5.74) is 5.53. The molecule has 0 spiro atoms. The molecule has 3 rings (SSSR count). The van der Waals surface area contributed by atoms with Crippen LogP contribution in [-0.2, 0) is 13.0 Å². The molecule has 1 N–H and O–H groups in total. The van der Waals surface area contributed by atoms with E-state index in [4.69, 9.17) is 4.74 Å². The van der Waals surface area contributed by atoms with Crippen molar-refractivity contribution in [3.63, 3.8) is 0 Å². The fourth-order valence-corrected chi connectivity index (χ4v) is 2.74. The van der Waals surface area contributed by atoms with Gasteiger partial charge in [0.05, 0.1) is 7.11 Å². The Morgan fingerprint density at radius 1 is 1.11 bits per heavy atom. The summed E-state index contributed by atoms with van der Waals surface area (Å²) in [7, 11) is 1.70. The van der Waals surface area contributed by atoms with Crippen LogP contribution in [0.3, 0.4) is 0 Å². The van der Waals surface area contributed by atoms with Crippen molar-refractivity contribution in [3.05, 3.63) is 53.6 Å². The monoisotopic (exact) mass is 253 g/mol. The molecular formula is C17H19NO. The second kappa shape index (κ2) is 5.06. The Morgan fingerprint density at radius 3 is 2.63 bits per heavy atom. The van der Waals surface area contributed by atoms with E-state index in [-0.39, 0.29) is 0 Å². The Kier molecular flexibility index (Phi) is 3.26. The van der Waals surface area contributed by atoms with Crippen molar-refractivity contribution in [2.75, 3.05) is 7.11 Å². The molecule has 0 aromatic heterocycles. The molecular weight excluding hydrogens is 234 g/mol. The lowest BCUT2D eigenvalue weighted by Crippen LogP contribution is -2.33. The maximum absolute atomic E-state index is 5.22. The highest BCUT2D eigenvalue weighted by molar-refractivity contribution is 5.69. The highest BCUT2D eigenvalue weighted by Gasteiger charge is 2.17. The lowest BCUT2D eigenvalue weighted by atomic mass is 9.89. The van der Waals surface area contributed by atoms with Gasteiger partial charge < -0.3 is 10.1 Å². The summed E-state index contributed by atoms with van der Waals surface area (Å²) in [5, 5.41) is 3.52. The van der Waals surface area contributed by atoms with E-state index < -0.39 is 0 Å². The molecule has 0 saturated carbocycles. The number of fused-ring (bicyclic) bond motifs is 1. The van der Waals surface area contributed by atoms with Crippen molar-refractivity contribution in [3.8, 4) is 16.9 Å². The number of benzene rings is 2. The van der Waals surface area contributed by atoms with Gasteiger partial charge in [-0.25, -0.2) is 0 Å². The number of hydrogen-bond acceptors (Lipinski definition) is 2. The predicted octanol–water partition coefficient (Wildman–Crippen LogP) is 3.40. The first-order valence-electron chi connectivity index (χ1n) is 6.76. The Balaban J connectivity index is 2.04. The van der Waals surface area contributed by atoms with Gasteiger partial charge in [0.25, 0.3) is 0 Å². The van der Waals surface area contributed by atoms with E-state index in [1.165, 1.54) is 22.3 Å². The van der Waals surface area contributed by atoms with Crippen molar-refractivity contribution in [1.29, 1.82) is 0 Å². The molecule has 19 heavy (non-hydrogen) atoms. The molecule has 0 radical (unpaired) electrons. The van der Waals surface area contributed by atoms with Crippen LogP contribution in [-0.4, -0.2) is 13.2 Å². The van der Waals surface area contributed by atoms with Crippen LogP contribution in [0.5, 0.6) is 5.75 Å². The number of nitrogens with one attached hydrogen (secondary N) is 1. The third kappa shape index (κ3) is 2.36. The molecule has 1 heterocycles. The first kappa shape index (κ1) is 12.2. The molecule has 0 saturated heterocycles. The highest BCUT2D eigenvalue weighted by Crippen LogP contribution is 2.30. The Labute approximate surface area is 114 Å². The molecule has 2 aromatic carbocycles. The average molecular weight is 253 g/mol. The van der Waals surface area contributed by atoms with Gasteiger partial charge in [0.15, 0.2) is 0 Å². The minimum Gasteiger partial charge on any atom is -0.497 e. The zero-order chi connectivity index (χ0) is 13.2. The summed E-state index contributed by atoms with van der Waals surface area (Å²) in [6, 6.07) is 15.5. The van der Waals surface area contributed by atoms with Crippen LogP contribution < -0.4 is 10.1 Å². The first-order valence-corrected chi connectivity index (χ1v) is 6.76. The molecule has 1 atom stereocenters. The second-order valence-electron chi connectivity index (χ2n) is 5.16. The van der Waals surface area contributed by atoms with Crippen LogP contribution in [0.25, 0.3) is 11.1 Å². The third-order valence-electron chi connectivity index (χ3n) is 3.83. The lowest BCUT2D eigenvalue weighted by Gasteiger charge is -2.25. The van der Waals surface area contributed by atoms with E-state index >= 15 is 0 Å². The maximum atomic E-state index is 5.22. The quantitative estimate of drug-likeness (QED) is 0.885. The fourth-order valence-electron chi connectivity index (χ4n) is 2.74. The summed E-state index contributed by atoms with van der Waals surface area (Å²) in [4.78, 5) is 0. The molecule has 2 aromatic rings. The van der Waals surface area contributed by atoms with Crippen LogP contribution >= 0.6 is 0 Å². The van der Waals surface area contributed by atoms with Gasteiger partial charge in [-0.2, -0.15) is 0 Å². The van der Waals surface area contributed by atoms with Crippen LogP contribution in [0.15, 0.2) is 42.5 Å². The molecule has 2 nitrogen and oxygen atoms in total. The zero-order valence-corrected chi connectivity index (χ0v) is 11.4. The normalized spacial score (nSPS) is 17.9. The van der Waals surface area contributed by atoms with Crippen molar-refractivity contribution in [1.82, 2.24) is 5.32 Å². The maximum Gasteiger partial charge on any atom is 0.118 e. The second-order valence-corrected chi connectivity index (χ2v) is 5.16. The topological polar surface area (TPSA) is 21.3 Å². The number of rotatable bonds is 2. The Hall–Kier alpha value is -1.80. The summed E-state index contributed by atoms with van der Waals surface area (Å²) in [6.07, 6.45) is 1.09. The lowest BCUT2D eigenvalue weighted by molar-refractivity contribution is 0.415. The molecule has 1 aliphatic heterocycles. The molecule has 2 heteroatoms.